The maximum Gasteiger partial charge on any atom is 0.307 e. The summed E-state index contributed by atoms with van der Waals surface area (Å²) in [7, 11) is 0. The van der Waals surface area contributed by atoms with Crippen LogP contribution in [-0.2, 0) is 0 Å². The molecule has 0 aliphatic heterocycles. The van der Waals surface area contributed by atoms with Gasteiger partial charge in [0.05, 0.1) is 4.92 Å². The van der Waals surface area contributed by atoms with Gasteiger partial charge in [-0.15, -0.1) is 0 Å². The molecular formula is C11H17NO3S. The maximum absolute atomic E-state index is 10.6. The molecule has 90 valence electrons. The highest BCUT2D eigenvalue weighted by atomic mass is 32.1. The van der Waals surface area contributed by atoms with Gasteiger partial charge in [-0.1, -0.05) is 26.0 Å². The summed E-state index contributed by atoms with van der Waals surface area (Å²) in [6.45, 7) is 3.70. The molecule has 1 N–H and O–H groups in total. The highest BCUT2D eigenvalue weighted by Crippen LogP contribution is 2.18. The third-order valence-corrected chi connectivity index (χ3v) is 2.02. The Balaban J connectivity index is 0.00000106. The molecule has 1 aliphatic carbocycles. The van der Waals surface area contributed by atoms with E-state index in [-0.39, 0.29) is 23.3 Å². The third kappa shape index (κ3) is 4.53. The largest absolute Gasteiger partial charge is 0.502 e. The molecule has 2 atom stereocenters. The fraction of sp³-hybridized carbons (Fsp3) is 0.455. The summed E-state index contributed by atoms with van der Waals surface area (Å²) in [6.07, 6.45) is 8.40. The number of thiol groups is 1. The van der Waals surface area contributed by atoms with Crippen molar-refractivity contribution in [3.8, 4) is 0 Å². The fourth-order valence-electron chi connectivity index (χ4n) is 1.28. The number of hydrogen-bond donors (Lipinski definition) is 2. The number of nitrogens with zero attached hydrogens (tertiary/aromatic N) is 1. The van der Waals surface area contributed by atoms with E-state index in [1.54, 1.807) is 6.26 Å². The number of rotatable bonds is 1. The molecule has 0 amide bonds. The summed E-state index contributed by atoms with van der Waals surface area (Å²) >= 11 is 3.53. The van der Waals surface area contributed by atoms with Crippen molar-refractivity contribution in [2.45, 2.75) is 13.8 Å². The van der Waals surface area contributed by atoms with Gasteiger partial charge in [0.1, 0.15) is 0 Å². The van der Waals surface area contributed by atoms with Crippen molar-refractivity contribution in [2.75, 3.05) is 6.26 Å². The van der Waals surface area contributed by atoms with Gasteiger partial charge >= 0.3 is 5.70 Å². The van der Waals surface area contributed by atoms with Crippen molar-refractivity contribution >= 4 is 12.6 Å². The van der Waals surface area contributed by atoms with Crippen LogP contribution in [0.3, 0.4) is 0 Å². The van der Waals surface area contributed by atoms with Gasteiger partial charge in [0.15, 0.2) is 5.76 Å². The second-order valence-electron chi connectivity index (χ2n) is 3.46. The zero-order valence-electron chi connectivity index (χ0n) is 9.62. The molecule has 5 heteroatoms. The third-order valence-electron chi connectivity index (χ3n) is 2.02. The lowest BCUT2D eigenvalue weighted by molar-refractivity contribution is -0.424. The second-order valence-corrected chi connectivity index (χ2v) is 3.46. The molecule has 1 rings (SSSR count). The van der Waals surface area contributed by atoms with E-state index in [4.69, 9.17) is 0 Å². The van der Waals surface area contributed by atoms with E-state index in [9.17, 15) is 15.2 Å². The van der Waals surface area contributed by atoms with Crippen molar-refractivity contribution < 1.29 is 10.0 Å². The smallest absolute Gasteiger partial charge is 0.307 e. The van der Waals surface area contributed by atoms with E-state index in [1.807, 2.05) is 26.0 Å². The molecular weight excluding hydrogens is 226 g/mol. The molecule has 0 radical (unpaired) electrons. The highest BCUT2D eigenvalue weighted by molar-refractivity contribution is 7.79. The first-order chi connectivity index (χ1) is 7.50. The van der Waals surface area contributed by atoms with Gasteiger partial charge in [-0.05, 0) is 24.2 Å². The first-order valence-corrected chi connectivity index (χ1v) is 5.80. The minimum absolute atomic E-state index is 0.0149. The normalized spacial score (nSPS) is 32.8. The van der Waals surface area contributed by atoms with Crippen LogP contribution >= 0.6 is 12.6 Å². The van der Waals surface area contributed by atoms with Gasteiger partial charge in [0, 0.05) is 6.08 Å². The average molecular weight is 243 g/mol. The molecule has 0 heterocycles. The van der Waals surface area contributed by atoms with Crippen LogP contribution < -0.4 is 0 Å². The molecule has 2 unspecified atom stereocenters. The molecule has 0 saturated carbocycles. The van der Waals surface area contributed by atoms with Gasteiger partial charge in [-0.3, -0.25) is 10.1 Å². The zero-order valence-corrected chi connectivity index (χ0v) is 10.5. The average Bonchev–Trinajstić information content (AvgIpc) is 2.23. The summed E-state index contributed by atoms with van der Waals surface area (Å²) in [6, 6.07) is 0. The number of nitro groups is 1. The lowest BCUT2D eigenvalue weighted by Gasteiger charge is -2.07. The Morgan fingerprint density at radius 3 is 2.12 bits per heavy atom. The van der Waals surface area contributed by atoms with E-state index < -0.39 is 4.92 Å². The Bertz CT molecular complexity index is 334. The van der Waals surface area contributed by atoms with Crippen LogP contribution in [0.2, 0.25) is 0 Å². The number of aliphatic hydroxyl groups excluding tert-OH is 1. The van der Waals surface area contributed by atoms with Gasteiger partial charge in [0.2, 0.25) is 0 Å². The van der Waals surface area contributed by atoms with Gasteiger partial charge in [-0.2, -0.15) is 12.6 Å². The van der Waals surface area contributed by atoms with Crippen LogP contribution in [0.4, 0.5) is 0 Å². The summed E-state index contributed by atoms with van der Waals surface area (Å²) in [5.74, 6) is -0.270. The molecule has 0 aromatic rings. The first kappa shape index (κ1) is 14.8. The van der Waals surface area contributed by atoms with E-state index >= 15 is 0 Å². The lowest BCUT2D eigenvalue weighted by atomic mass is 10.0. The van der Waals surface area contributed by atoms with E-state index in [0.29, 0.717) is 0 Å². The number of allylic oxidation sites excluding steroid dienone is 4. The van der Waals surface area contributed by atoms with E-state index in [2.05, 4.69) is 12.6 Å². The molecule has 1 aliphatic rings. The Labute approximate surface area is 101 Å². The quantitative estimate of drug-likeness (QED) is 0.322. The molecule has 0 spiro atoms. The minimum Gasteiger partial charge on any atom is -0.502 e. The fourth-order valence-corrected chi connectivity index (χ4v) is 1.28. The van der Waals surface area contributed by atoms with Crippen LogP contribution in [0.5, 0.6) is 0 Å². The molecule has 0 saturated heterocycles. The van der Waals surface area contributed by atoms with Gasteiger partial charge in [0.25, 0.3) is 0 Å². The van der Waals surface area contributed by atoms with Crippen LogP contribution in [0, 0.1) is 22.0 Å². The van der Waals surface area contributed by atoms with Crippen molar-refractivity contribution in [2.24, 2.45) is 11.8 Å². The predicted octanol–water partition coefficient (Wildman–Crippen LogP) is 2.98. The van der Waals surface area contributed by atoms with Crippen LogP contribution in [0.1, 0.15) is 13.8 Å². The molecule has 4 nitrogen and oxygen atoms in total. The van der Waals surface area contributed by atoms with E-state index in [1.165, 1.54) is 12.2 Å². The summed E-state index contributed by atoms with van der Waals surface area (Å²) in [5.41, 5.74) is -0.214. The lowest BCUT2D eigenvalue weighted by Crippen LogP contribution is -2.07. The monoisotopic (exact) mass is 243 g/mol. The number of hydrogen-bond acceptors (Lipinski definition) is 4. The summed E-state index contributed by atoms with van der Waals surface area (Å²) in [5, 5.41) is 20.0. The SMILES string of the molecule is CC1/C=C\C(C)/C=C([N+](=O)[O-])\C(O)=C/1.CS. The Hall–Kier alpha value is -1.23. The number of aliphatic hydroxyl groups is 1. The minimum atomic E-state index is -0.561. The second kappa shape index (κ2) is 7.11. The first-order valence-electron chi connectivity index (χ1n) is 4.91. The maximum atomic E-state index is 10.6. The molecule has 16 heavy (non-hydrogen) atoms. The van der Waals surface area contributed by atoms with Crippen LogP contribution in [0.25, 0.3) is 0 Å². The molecule has 0 bridgehead atoms. The highest BCUT2D eigenvalue weighted by Gasteiger charge is 2.19. The van der Waals surface area contributed by atoms with Crippen molar-refractivity contribution in [1.82, 2.24) is 0 Å². The Kier molecular flexibility index (Phi) is 6.56. The van der Waals surface area contributed by atoms with Gasteiger partial charge < -0.3 is 5.11 Å². The van der Waals surface area contributed by atoms with Gasteiger partial charge in [-0.25, -0.2) is 0 Å². The zero-order chi connectivity index (χ0) is 12.7. The summed E-state index contributed by atoms with van der Waals surface area (Å²) < 4.78 is 0. The standard InChI is InChI=1S/C10H13NO3.CH4S/c1-7-3-4-8(2)6-10(12)9(5-7)11(13)14;1-2/h3-8,12H,1-2H3;2H,1H3/b4-3-,9-5+,10-6+;. The van der Waals surface area contributed by atoms with Crippen LogP contribution in [0.15, 0.2) is 35.8 Å². The topological polar surface area (TPSA) is 63.4 Å². The van der Waals surface area contributed by atoms with Crippen molar-refractivity contribution in [3.05, 3.63) is 45.9 Å². The molecule has 0 aromatic carbocycles. The molecule has 0 aromatic heterocycles. The van der Waals surface area contributed by atoms with Crippen molar-refractivity contribution in [1.29, 1.82) is 0 Å². The molecule has 0 fully saturated rings. The Morgan fingerprint density at radius 1 is 1.25 bits per heavy atom. The van der Waals surface area contributed by atoms with Crippen LogP contribution in [-0.4, -0.2) is 16.3 Å². The van der Waals surface area contributed by atoms with E-state index in [0.717, 1.165) is 0 Å². The summed E-state index contributed by atoms with van der Waals surface area (Å²) in [4.78, 5) is 10.0. The Morgan fingerprint density at radius 2 is 1.69 bits per heavy atom. The predicted molar refractivity (Wildman–Crippen MR) is 68.2 cm³/mol. The van der Waals surface area contributed by atoms with Crippen molar-refractivity contribution in [3.63, 3.8) is 0 Å².